The van der Waals surface area contributed by atoms with Gasteiger partial charge in [-0.05, 0) is 43.9 Å². The molecule has 1 aromatic rings. The minimum atomic E-state index is 0.0247. The molecule has 1 atom stereocenters. The van der Waals surface area contributed by atoms with Gasteiger partial charge in [0.15, 0.2) is 5.96 Å². The Hall–Kier alpha value is -2.04. The Morgan fingerprint density at radius 3 is 2.69 bits per heavy atom. The molecule has 26 heavy (non-hydrogen) atoms. The second-order valence-corrected chi connectivity index (χ2v) is 7.17. The molecule has 1 aromatic carbocycles. The largest absolute Gasteiger partial charge is 0.357 e. The number of anilines is 1. The van der Waals surface area contributed by atoms with Crippen LogP contribution in [0.2, 0.25) is 0 Å². The first-order valence-electron chi connectivity index (χ1n) is 10.1. The maximum absolute atomic E-state index is 12.1. The third-order valence-electron chi connectivity index (χ3n) is 4.96. The van der Waals surface area contributed by atoms with E-state index in [1.165, 1.54) is 32.1 Å². The van der Waals surface area contributed by atoms with Gasteiger partial charge in [-0.25, -0.2) is 4.99 Å². The van der Waals surface area contributed by atoms with E-state index >= 15 is 0 Å². The Labute approximate surface area is 158 Å². The number of rotatable bonds is 7. The SMILES string of the molecule is CCNC(=NCc1cccc(NC(=O)C(C)CC)c1)NC1CCCCC1. The summed E-state index contributed by atoms with van der Waals surface area (Å²) in [6.07, 6.45) is 7.24. The second kappa shape index (κ2) is 10.8. The van der Waals surface area contributed by atoms with Crippen molar-refractivity contribution >= 4 is 17.6 Å². The molecule has 1 amide bonds. The van der Waals surface area contributed by atoms with Crippen LogP contribution in [-0.4, -0.2) is 24.5 Å². The lowest BCUT2D eigenvalue weighted by atomic mass is 9.96. The standard InChI is InChI=1S/C21H34N4O/c1-4-16(3)20(26)24-19-13-9-10-17(14-19)15-23-21(22-5-2)25-18-11-7-6-8-12-18/h9-10,13-14,16,18H,4-8,11-12,15H2,1-3H3,(H,24,26)(H2,22,23,25). The highest BCUT2D eigenvalue weighted by atomic mass is 16.1. The molecule has 0 aromatic heterocycles. The number of nitrogens with one attached hydrogen (secondary N) is 3. The number of amides is 1. The minimum absolute atomic E-state index is 0.0247. The van der Waals surface area contributed by atoms with E-state index in [1.807, 2.05) is 38.1 Å². The van der Waals surface area contributed by atoms with Crippen LogP contribution in [0.5, 0.6) is 0 Å². The average molecular weight is 359 g/mol. The summed E-state index contributed by atoms with van der Waals surface area (Å²) in [4.78, 5) is 16.8. The van der Waals surface area contributed by atoms with Gasteiger partial charge in [-0.1, -0.05) is 45.2 Å². The van der Waals surface area contributed by atoms with Gasteiger partial charge in [-0.3, -0.25) is 4.79 Å². The molecule has 1 unspecified atom stereocenters. The number of hydrogen-bond donors (Lipinski definition) is 3. The summed E-state index contributed by atoms with van der Waals surface area (Å²) >= 11 is 0. The molecule has 2 rings (SSSR count). The van der Waals surface area contributed by atoms with Gasteiger partial charge in [0, 0.05) is 24.2 Å². The summed E-state index contributed by atoms with van der Waals surface area (Å²) < 4.78 is 0. The van der Waals surface area contributed by atoms with Gasteiger partial charge in [-0.15, -0.1) is 0 Å². The summed E-state index contributed by atoms with van der Waals surface area (Å²) in [7, 11) is 0. The van der Waals surface area contributed by atoms with Crippen molar-refractivity contribution in [3.8, 4) is 0 Å². The number of benzene rings is 1. The Kier molecular flexibility index (Phi) is 8.45. The molecule has 0 aliphatic heterocycles. The van der Waals surface area contributed by atoms with Crippen molar-refractivity contribution in [1.29, 1.82) is 0 Å². The van der Waals surface area contributed by atoms with E-state index < -0.39 is 0 Å². The normalized spacial score (nSPS) is 16.8. The van der Waals surface area contributed by atoms with Crippen molar-refractivity contribution < 1.29 is 4.79 Å². The fourth-order valence-electron chi connectivity index (χ4n) is 3.13. The van der Waals surface area contributed by atoms with Crippen LogP contribution >= 0.6 is 0 Å². The smallest absolute Gasteiger partial charge is 0.227 e. The Bertz CT molecular complexity index is 593. The minimum Gasteiger partial charge on any atom is -0.357 e. The van der Waals surface area contributed by atoms with Crippen LogP contribution in [0, 0.1) is 5.92 Å². The lowest BCUT2D eigenvalue weighted by molar-refractivity contribution is -0.119. The van der Waals surface area contributed by atoms with E-state index in [2.05, 4.69) is 22.9 Å². The Morgan fingerprint density at radius 1 is 1.23 bits per heavy atom. The Morgan fingerprint density at radius 2 is 2.00 bits per heavy atom. The van der Waals surface area contributed by atoms with Gasteiger partial charge in [0.1, 0.15) is 0 Å². The zero-order chi connectivity index (χ0) is 18.8. The van der Waals surface area contributed by atoms with E-state index in [0.29, 0.717) is 12.6 Å². The van der Waals surface area contributed by atoms with E-state index in [-0.39, 0.29) is 11.8 Å². The first-order chi connectivity index (χ1) is 12.6. The first kappa shape index (κ1) is 20.3. The highest BCUT2D eigenvalue weighted by Gasteiger charge is 2.14. The molecule has 0 saturated heterocycles. The van der Waals surface area contributed by atoms with Crippen LogP contribution in [0.25, 0.3) is 0 Å². The lowest BCUT2D eigenvalue weighted by Crippen LogP contribution is -2.44. The van der Waals surface area contributed by atoms with E-state index in [9.17, 15) is 4.79 Å². The van der Waals surface area contributed by atoms with Gasteiger partial charge in [0.2, 0.25) is 5.91 Å². The van der Waals surface area contributed by atoms with E-state index in [0.717, 1.165) is 30.2 Å². The third kappa shape index (κ3) is 6.70. The quantitative estimate of drug-likeness (QED) is 0.509. The number of hydrogen-bond acceptors (Lipinski definition) is 2. The molecule has 0 spiro atoms. The third-order valence-corrected chi connectivity index (χ3v) is 4.96. The molecule has 0 bridgehead atoms. The molecule has 1 fully saturated rings. The van der Waals surface area contributed by atoms with Gasteiger partial charge < -0.3 is 16.0 Å². The molecule has 0 heterocycles. The van der Waals surface area contributed by atoms with Gasteiger partial charge >= 0.3 is 0 Å². The fourth-order valence-corrected chi connectivity index (χ4v) is 3.13. The van der Waals surface area contributed by atoms with E-state index in [1.54, 1.807) is 0 Å². The van der Waals surface area contributed by atoms with Crippen molar-refractivity contribution in [3.63, 3.8) is 0 Å². The van der Waals surface area contributed by atoms with Crippen LogP contribution in [0.1, 0.15) is 64.9 Å². The second-order valence-electron chi connectivity index (χ2n) is 7.17. The number of carbonyl (C=O) groups is 1. The van der Waals surface area contributed by atoms with Gasteiger partial charge in [0.25, 0.3) is 0 Å². The Balaban J connectivity index is 1.97. The van der Waals surface area contributed by atoms with Gasteiger partial charge in [-0.2, -0.15) is 0 Å². The topological polar surface area (TPSA) is 65.5 Å². The molecule has 1 aliphatic carbocycles. The van der Waals surface area contributed by atoms with Crippen molar-refractivity contribution in [2.24, 2.45) is 10.9 Å². The number of nitrogens with zero attached hydrogens (tertiary/aromatic N) is 1. The maximum Gasteiger partial charge on any atom is 0.227 e. The maximum atomic E-state index is 12.1. The van der Waals surface area contributed by atoms with Crippen LogP contribution in [0.3, 0.4) is 0 Å². The predicted molar refractivity (Wildman–Crippen MR) is 109 cm³/mol. The van der Waals surface area contributed by atoms with Crippen LogP contribution in [0.4, 0.5) is 5.69 Å². The molecule has 5 heteroatoms. The zero-order valence-electron chi connectivity index (χ0n) is 16.5. The number of carbonyl (C=O) groups excluding carboxylic acids is 1. The molecule has 0 radical (unpaired) electrons. The molecular weight excluding hydrogens is 324 g/mol. The monoisotopic (exact) mass is 358 g/mol. The van der Waals surface area contributed by atoms with Crippen molar-refractivity contribution in [1.82, 2.24) is 10.6 Å². The summed E-state index contributed by atoms with van der Waals surface area (Å²) in [5, 5.41) is 9.90. The fraction of sp³-hybridized carbons (Fsp3) is 0.619. The predicted octanol–water partition coefficient (Wildman–Crippen LogP) is 4.06. The number of aliphatic imine (C=N–C) groups is 1. The summed E-state index contributed by atoms with van der Waals surface area (Å²) in [6.45, 7) is 7.50. The summed E-state index contributed by atoms with van der Waals surface area (Å²) in [5.74, 6) is 0.977. The molecule has 1 saturated carbocycles. The van der Waals surface area contributed by atoms with Crippen LogP contribution in [-0.2, 0) is 11.3 Å². The highest BCUT2D eigenvalue weighted by molar-refractivity contribution is 5.92. The summed E-state index contributed by atoms with van der Waals surface area (Å²) in [6, 6.07) is 8.49. The molecule has 144 valence electrons. The molecular formula is C21H34N4O. The molecule has 5 nitrogen and oxygen atoms in total. The lowest BCUT2D eigenvalue weighted by Gasteiger charge is -2.24. The first-order valence-corrected chi connectivity index (χ1v) is 10.1. The van der Waals surface area contributed by atoms with Crippen molar-refractivity contribution in [3.05, 3.63) is 29.8 Å². The average Bonchev–Trinajstić information content (AvgIpc) is 2.66. The van der Waals surface area contributed by atoms with Crippen LogP contribution in [0.15, 0.2) is 29.3 Å². The van der Waals surface area contributed by atoms with Crippen LogP contribution < -0.4 is 16.0 Å². The van der Waals surface area contributed by atoms with Gasteiger partial charge in [0.05, 0.1) is 6.54 Å². The van der Waals surface area contributed by atoms with Crippen molar-refractivity contribution in [2.45, 2.75) is 71.9 Å². The molecule has 3 N–H and O–H groups in total. The summed E-state index contributed by atoms with van der Waals surface area (Å²) in [5.41, 5.74) is 1.93. The zero-order valence-corrected chi connectivity index (χ0v) is 16.5. The molecule has 1 aliphatic rings. The number of guanidine groups is 1. The van der Waals surface area contributed by atoms with Crippen molar-refractivity contribution in [2.75, 3.05) is 11.9 Å². The highest BCUT2D eigenvalue weighted by Crippen LogP contribution is 2.17. The van der Waals surface area contributed by atoms with E-state index in [4.69, 9.17) is 4.99 Å².